The van der Waals surface area contributed by atoms with Gasteiger partial charge in [0.1, 0.15) is 12.3 Å². The van der Waals surface area contributed by atoms with E-state index in [0.717, 1.165) is 38.0 Å². The lowest BCUT2D eigenvalue weighted by Crippen LogP contribution is -2.41. The number of nitrogens with zero attached hydrogens (tertiary/aromatic N) is 2. The third-order valence-corrected chi connectivity index (χ3v) is 9.31. The molecule has 1 aliphatic carbocycles. The quantitative estimate of drug-likeness (QED) is 0.200. The number of hydrogen-bond acceptors (Lipinski definition) is 7. The zero-order chi connectivity index (χ0) is 32.2. The summed E-state index contributed by atoms with van der Waals surface area (Å²) >= 11 is 0. The SMILES string of the molecule is CC(C)(CNC(=O)c1coc(CC(NCc2ccccc2)C(=O)OCC2CCCCCCCCC2)n1)CN1Cc2ccccc2C1. The van der Waals surface area contributed by atoms with Crippen LogP contribution in [0.4, 0.5) is 0 Å². The van der Waals surface area contributed by atoms with Gasteiger partial charge in [-0.2, -0.15) is 0 Å². The first-order valence-electron chi connectivity index (χ1n) is 17.3. The molecule has 1 aliphatic heterocycles. The Hall–Kier alpha value is -3.49. The molecule has 2 aliphatic rings. The molecule has 0 bridgehead atoms. The van der Waals surface area contributed by atoms with Crippen molar-refractivity contribution < 1.29 is 18.7 Å². The lowest BCUT2D eigenvalue weighted by molar-refractivity contribution is -0.148. The Morgan fingerprint density at radius 2 is 1.57 bits per heavy atom. The van der Waals surface area contributed by atoms with Gasteiger partial charge >= 0.3 is 5.97 Å². The summed E-state index contributed by atoms with van der Waals surface area (Å²) in [7, 11) is 0. The third-order valence-electron chi connectivity index (χ3n) is 9.31. The number of aromatic nitrogens is 1. The van der Waals surface area contributed by atoms with E-state index in [-0.39, 0.29) is 29.4 Å². The first kappa shape index (κ1) is 33.9. The summed E-state index contributed by atoms with van der Waals surface area (Å²) in [5.74, 6) is 0.155. The van der Waals surface area contributed by atoms with Gasteiger partial charge in [-0.3, -0.25) is 19.8 Å². The van der Waals surface area contributed by atoms with E-state index in [9.17, 15) is 9.59 Å². The fourth-order valence-corrected chi connectivity index (χ4v) is 6.71. The topological polar surface area (TPSA) is 96.7 Å². The van der Waals surface area contributed by atoms with Gasteiger partial charge in [0.15, 0.2) is 11.6 Å². The Balaban J connectivity index is 1.14. The number of carbonyl (C=O) groups excluding carboxylic acids is 2. The zero-order valence-corrected chi connectivity index (χ0v) is 27.8. The molecule has 1 aromatic heterocycles. The van der Waals surface area contributed by atoms with E-state index in [4.69, 9.17) is 9.15 Å². The third kappa shape index (κ3) is 10.5. The van der Waals surface area contributed by atoms with Gasteiger partial charge in [0.05, 0.1) is 13.0 Å². The molecule has 8 nitrogen and oxygen atoms in total. The summed E-state index contributed by atoms with van der Waals surface area (Å²) in [5, 5.41) is 6.41. The molecule has 0 spiro atoms. The highest BCUT2D eigenvalue weighted by molar-refractivity contribution is 5.91. The predicted octanol–water partition coefficient (Wildman–Crippen LogP) is 6.83. The van der Waals surface area contributed by atoms with Crippen molar-refractivity contribution >= 4 is 11.9 Å². The molecule has 2 aromatic carbocycles. The number of nitrogens with one attached hydrogen (secondary N) is 2. The number of oxazole rings is 1. The van der Waals surface area contributed by atoms with Gasteiger partial charge < -0.3 is 14.5 Å². The second kappa shape index (κ2) is 16.9. The lowest BCUT2D eigenvalue weighted by Gasteiger charge is -2.30. The van der Waals surface area contributed by atoms with Crippen molar-refractivity contribution in [3.05, 3.63) is 89.1 Å². The molecule has 248 valence electrons. The number of fused-ring (bicyclic) bond motifs is 1. The molecule has 0 saturated heterocycles. The van der Waals surface area contributed by atoms with E-state index in [1.807, 2.05) is 30.3 Å². The Bertz CT molecular complexity index is 1350. The van der Waals surface area contributed by atoms with Gasteiger partial charge in [0, 0.05) is 32.7 Å². The van der Waals surface area contributed by atoms with Crippen LogP contribution in [0.3, 0.4) is 0 Å². The van der Waals surface area contributed by atoms with Crippen LogP contribution in [0.25, 0.3) is 0 Å². The number of amides is 1. The van der Waals surface area contributed by atoms with Crippen LogP contribution in [0.5, 0.6) is 0 Å². The van der Waals surface area contributed by atoms with Crippen LogP contribution in [-0.2, 0) is 35.6 Å². The van der Waals surface area contributed by atoms with Crippen molar-refractivity contribution in [1.82, 2.24) is 20.5 Å². The van der Waals surface area contributed by atoms with Crippen molar-refractivity contribution in [2.75, 3.05) is 19.7 Å². The molecule has 3 aromatic rings. The highest BCUT2D eigenvalue weighted by Crippen LogP contribution is 2.27. The Morgan fingerprint density at radius 1 is 0.935 bits per heavy atom. The van der Waals surface area contributed by atoms with Crippen LogP contribution in [0.15, 0.2) is 65.3 Å². The molecule has 5 rings (SSSR count). The average Bonchev–Trinajstić information content (AvgIpc) is 3.70. The van der Waals surface area contributed by atoms with Crippen molar-refractivity contribution in [1.29, 1.82) is 0 Å². The first-order chi connectivity index (χ1) is 22.3. The molecule has 8 heteroatoms. The Morgan fingerprint density at radius 3 is 2.24 bits per heavy atom. The Labute approximate surface area is 274 Å². The summed E-state index contributed by atoms with van der Waals surface area (Å²) < 4.78 is 11.6. The van der Waals surface area contributed by atoms with Crippen LogP contribution in [0, 0.1) is 11.3 Å². The van der Waals surface area contributed by atoms with Gasteiger partial charge in [-0.15, -0.1) is 0 Å². The van der Waals surface area contributed by atoms with Crippen LogP contribution in [0.2, 0.25) is 0 Å². The minimum Gasteiger partial charge on any atom is -0.464 e. The van der Waals surface area contributed by atoms with E-state index < -0.39 is 6.04 Å². The fourth-order valence-electron chi connectivity index (χ4n) is 6.71. The van der Waals surface area contributed by atoms with Crippen LogP contribution < -0.4 is 10.6 Å². The molecule has 1 atom stereocenters. The predicted molar refractivity (Wildman–Crippen MR) is 180 cm³/mol. The first-order valence-corrected chi connectivity index (χ1v) is 17.3. The number of ether oxygens (including phenoxy) is 1. The molecule has 1 saturated carbocycles. The lowest BCUT2D eigenvalue weighted by atomic mass is 9.92. The Kier molecular flexibility index (Phi) is 12.4. The summed E-state index contributed by atoms with van der Waals surface area (Å²) in [6.45, 7) is 8.53. The van der Waals surface area contributed by atoms with Crippen LogP contribution in [0.1, 0.15) is 105 Å². The van der Waals surface area contributed by atoms with Gasteiger partial charge in [0.25, 0.3) is 5.91 Å². The van der Waals surface area contributed by atoms with Gasteiger partial charge in [-0.05, 0) is 40.9 Å². The summed E-state index contributed by atoms with van der Waals surface area (Å²) in [6.07, 6.45) is 12.7. The highest BCUT2D eigenvalue weighted by atomic mass is 16.5. The molecule has 1 unspecified atom stereocenters. The zero-order valence-electron chi connectivity index (χ0n) is 27.8. The van der Waals surface area contributed by atoms with E-state index in [0.29, 0.717) is 31.5 Å². The van der Waals surface area contributed by atoms with Crippen molar-refractivity contribution in [3.8, 4) is 0 Å². The molecule has 2 N–H and O–H groups in total. The fraction of sp³-hybridized carbons (Fsp3) is 0.553. The number of carbonyl (C=O) groups is 2. The summed E-state index contributed by atoms with van der Waals surface area (Å²) in [5.41, 5.74) is 3.92. The standard InChI is InChI=1S/C38H52N4O4/c1-38(2,28-42-23-31-19-13-14-20-32(31)24-42)27-40-36(43)34-26-45-35(41-34)21-33(39-22-29-15-11-8-12-16-29)37(44)46-25-30-17-9-6-4-3-5-7-10-18-30/h8,11-16,19-20,26,30,33,39H,3-7,9-10,17-18,21-25,27-28H2,1-2H3,(H,40,43). The molecule has 0 radical (unpaired) electrons. The maximum atomic E-state index is 13.4. The number of benzene rings is 2. The highest BCUT2D eigenvalue weighted by Gasteiger charge is 2.28. The molecule has 1 fully saturated rings. The second-order valence-corrected chi connectivity index (χ2v) is 14.1. The minimum atomic E-state index is -0.641. The van der Waals surface area contributed by atoms with E-state index >= 15 is 0 Å². The number of esters is 1. The largest absolute Gasteiger partial charge is 0.464 e. The maximum absolute atomic E-state index is 13.4. The normalized spacial score (nSPS) is 17.3. The number of hydrogen-bond donors (Lipinski definition) is 2. The smallest absolute Gasteiger partial charge is 0.323 e. The van der Waals surface area contributed by atoms with Crippen molar-refractivity contribution in [3.63, 3.8) is 0 Å². The van der Waals surface area contributed by atoms with Crippen molar-refractivity contribution in [2.45, 2.75) is 104 Å². The molecular formula is C38H52N4O4. The van der Waals surface area contributed by atoms with Crippen molar-refractivity contribution in [2.24, 2.45) is 11.3 Å². The molecule has 2 heterocycles. The summed E-state index contributed by atoms with van der Waals surface area (Å²) in [4.78, 5) is 33.4. The minimum absolute atomic E-state index is 0.130. The average molecular weight is 629 g/mol. The van der Waals surface area contributed by atoms with E-state index in [2.05, 4.69) is 58.6 Å². The van der Waals surface area contributed by atoms with Crippen LogP contribution in [-0.4, -0.2) is 47.5 Å². The monoisotopic (exact) mass is 628 g/mol. The second-order valence-electron chi connectivity index (χ2n) is 14.1. The van der Waals surface area contributed by atoms with Gasteiger partial charge in [-0.25, -0.2) is 4.98 Å². The van der Waals surface area contributed by atoms with E-state index in [1.54, 1.807) is 0 Å². The molecule has 46 heavy (non-hydrogen) atoms. The van der Waals surface area contributed by atoms with Gasteiger partial charge in [-0.1, -0.05) is 113 Å². The maximum Gasteiger partial charge on any atom is 0.323 e. The van der Waals surface area contributed by atoms with E-state index in [1.165, 1.54) is 62.3 Å². The van der Waals surface area contributed by atoms with Gasteiger partial charge in [0.2, 0.25) is 0 Å². The number of rotatable bonds is 13. The molecule has 1 amide bonds. The molecular weight excluding hydrogens is 576 g/mol. The van der Waals surface area contributed by atoms with Crippen LogP contribution >= 0.6 is 0 Å². The summed E-state index contributed by atoms with van der Waals surface area (Å²) in [6, 6.07) is 17.9.